The number of aromatic nitrogens is 2. The van der Waals surface area contributed by atoms with E-state index in [2.05, 4.69) is 26.0 Å². The van der Waals surface area contributed by atoms with E-state index in [1.807, 2.05) is 60.9 Å². The second kappa shape index (κ2) is 13.2. The fourth-order valence-electron chi connectivity index (χ4n) is 5.81. The van der Waals surface area contributed by atoms with Crippen LogP contribution in [0.2, 0.25) is 0 Å². The molecule has 3 heterocycles. The minimum atomic E-state index is -0.665. The van der Waals surface area contributed by atoms with Crippen LogP contribution in [0.4, 0.5) is 0 Å². The van der Waals surface area contributed by atoms with Crippen molar-refractivity contribution in [2.24, 2.45) is 4.99 Å². The van der Waals surface area contributed by atoms with Gasteiger partial charge in [-0.3, -0.25) is 14.2 Å². The molecule has 4 aromatic rings. The highest BCUT2D eigenvalue weighted by molar-refractivity contribution is 7.07. The summed E-state index contributed by atoms with van der Waals surface area (Å²) in [5.74, 6) is -0.429. The van der Waals surface area contributed by atoms with Crippen LogP contribution in [0.5, 0.6) is 0 Å². The molecular weight excluding hydrogens is 574 g/mol. The Bertz CT molecular complexity index is 1930. The van der Waals surface area contributed by atoms with Crippen molar-refractivity contribution in [3.05, 3.63) is 102 Å². The van der Waals surface area contributed by atoms with Crippen LogP contribution < -0.4 is 14.9 Å². The Hall–Kier alpha value is -4.24. The average Bonchev–Trinajstić information content (AvgIpc) is 3.45. The molecule has 5 rings (SSSR count). The third kappa shape index (κ3) is 5.80. The summed E-state index contributed by atoms with van der Waals surface area (Å²) in [6.07, 6.45) is 3.25. The first-order valence-electron chi connectivity index (χ1n) is 15.2. The van der Waals surface area contributed by atoms with E-state index in [1.165, 1.54) is 16.9 Å². The summed E-state index contributed by atoms with van der Waals surface area (Å²) >= 11 is 1.31. The quantitative estimate of drug-likeness (QED) is 0.220. The van der Waals surface area contributed by atoms with E-state index in [1.54, 1.807) is 18.4 Å². The van der Waals surface area contributed by atoms with Gasteiger partial charge in [-0.2, -0.15) is 0 Å². The maximum atomic E-state index is 14.3. The van der Waals surface area contributed by atoms with Gasteiger partial charge in [0, 0.05) is 22.2 Å². The van der Waals surface area contributed by atoms with Gasteiger partial charge in [0.25, 0.3) is 5.56 Å². The lowest BCUT2D eigenvalue weighted by Gasteiger charge is -2.26. The van der Waals surface area contributed by atoms with Crippen LogP contribution in [0.15, 0.2) is 69.6 Å². The van der Waals surface area contributed by atoms with Gasteiger partial charge in [0.1, 0.15) is 6.54 Å². The summed E-state index contributed by atoms with van der Waals surface area (Å²) in [4.78, 5) is 45.7. The smallest absolute Gasteiger partial charge is 0.338 e. The molecule has 0 aliphatic carbocycles. The van der Waals surface area contributed by atoms with Crippen molar-refractivity contribution >= 4 is 40.3 Å². The minimum absolute atomic E-state index is 0.0743. The van der Waals surface area contributed by atoms with Crippen molar-refractivity contribution in [1.82, 2.24) is 9.13 Å². The van der Waals surface area contributed by atoms with E-state index < -0.39 is 12.0 Å². The van der Waals surface area contributed by atoms with Gasteiger partial charge in [-0.15, -0.1) is 0 Å². The van der Waals surface area contributed by atoms with Crippen molar-refractivity contribution in [2.45, 2.75) is 72.9 Å². The molecule has 0 N–H and O–H groups in total. The Kier molecular flexibility index (Phi) is 9.34. The first-order valence-corrected chi connectivity index (χ1v) is 16.1. The average molecular weight is 614 g/mol. The molecule has 2 aromatic carbocycles. The number of para-hydroxylation sites is 1. The second-order valence-corrected chi connectivity index (χ2v) is 12.2. The van der Waals surface area contributed by atoms with Crippen molar-refractivity contribution in [3.8, 4) is 0 Å². The molecule has 0 bridgehead atoms. The number of fused-ring (bicyclic) bond motifs is 2. The minimum Gasteiger partial charge on any atom is -0.465 e. The highest BCUT2D eigenvalue weighted by Gasteiger charge is 2.34. The second-order valence-electron chi connectivity index (χ2n) is 11.1. The molecule has 0 radical (unpaired) electrons. The monoisotopic (exact) mass is 613 g/mol. The summed E-state index contributed by atoms with van der Waals surface area (Å²) in [7, 11) is 0. The van der Waals surface area contributed by atoms with E-state index >= 15 is 0 Å². The molecule has 8 nitrogen and oxygen atoms in total. The van der Waals surface area contributed by atoms with Crippen LogP contribution in [0, 0.1) is 6.92 Å². The van der Waals surface area contributed by atoms with E-state index in [0.29, 0.717) is 39.5 Å². The van der Waals surface area contributed by atoms with Crippen LogP contribution in [-0.2, 0) is 25.6 Å². The van der Waals surface area contributed by atoms with Crippen molar-refractivity contribution in [3.63, 3.8) is 0 Å². The Morgan fingerprint density at radius 1 is 1.02 bits per heavy atom. The van der Waals surface area contributed by atoms with Gasteiger partial charge in [0.15, 0.2) is 4.80 Å². The number of nitrogens with zero attached hydrogens (tertiary/aromatic N) is 3. The van der Waals surface area contributed by atoms with Crippen LogP contribution in [-0.4, -0.2) is 34.3 Å². The standard InChI is InChI=1S/C35H39N3O5S/c1-7-12-27-31(34(41)43-9-3)32(24-17-15-23(16-18-24)21(4)5)38-33(40)29(44-35(38)36-27)19-26-22(6)37(20-30(39)42-8-2)28-14-11-10-13-25(26)28/h10-11,13-19,21,32H,7-9,12,20H2,1-6H3/b29-19-/t32-/m0/s1. The molecule has 1 aliphatic rings. The van der Waals surface area contributed by atoms with Crippen molar-refractivity contribution < 1.29 is 19.1 Å². The number of carbonyl (C=O) groups is 2. The van der Waals surface area contributed by atoms with Crippen LogP contribution in [0.3, 0.4) is 0 Å². The molecule has 230 valence electrons. The molecule has 44 heavy (non-hydrogen) atoms. The number of carbonyl (C=O) groups excluding carboxylic acids is 2. The fourth-order valence-corrected chi connectivity index (χ4v) is 6.81. The van der Waals surface area contributed by atoms with Gasteiger partial charge in [-0.05, 0) is 56.4 Å². The Morgan fingerprint density at radius 2 is 1.73 bits per heavy atom. The van der Waals surface area contributed by atoms with E-state index in [9.17, 15) is 14.4 Å². The van der Waals surface area contributed by atoms with Crippen molar-refractivity contribution in [1.29, 1.82) is 0 Å². The molecule has 0 saturated heterocycles. The van der Waals surface area contributed by atoms with Gasteiger partial charge in [0.2, 0.25) is 0 Å². The zero-order chi connectivity index (χ0) is 31.5. The Morgan fingerprint density at radius 3 is 2.39 bits per heavy atom. The maximum absolute atomic E-state index is 14.3. The normalized spacial score (nSPS) is 15.1. The molecule has 0 saturated carbocycles. The predicted molar refractivity (Wildman–Crippen MR) is 173 cm³/mol. The highest BCUT2D eigenvalue weighted by atomic mass is 32.1. The number of esters is 2. The number of rotatable bonds is 10. The number of allylic oxidation sites excluding steroid dienone is 1. The fraction of sp³-hybridized carbons (Fsp3) is 0.371. The van der Waals surface area contributed by atoms with E-state index in [4.69, 9.17) is 14.5 Å². The largest absolute Gasteiger partial charge is 0.465 e. The summed E-state index contributed by atoms with van der Waals surface area (Å²) in [5.41, 5.74) is 5.42. The molecule has 1 aliphatic heterocycles. The Balaban J connectivity index is 1.74. The molecule has 1 atom stereocenters. The van der Waals surface area contributed by atoms with Gasteiger partial charge < -0.3 is 14.0 Å². The third-order valence-corrected chi connectivity index (χ3v) is 8.94. The molecule has 9 heteroatoms. The van der Waals surface area contributed by atoms with Gasteiger partial charge in [-0.25, -0.2) is 9.79 Å². The lowest BCUT2D eigenvalue weighted by atomic mass is 9.92. The number of hydrogen-bond donors (Lipinski definition) is 0. The third-order valence-electron chi connectivity index (χ3n) is 7.96. The number of hydrogen-bond acceptors (Lipinski definition) is 7. The van der Waals surface area contributed by atoms with Crippen LogP contribution in [0.1, 0.15) is 81.8 Å². The first-order chi connectivity index (χ1) is 21.2. The lowest BCUT2D eigenvalue weighted by molar-refractivity contribution is -0.143. The van der Waals surface area contributed by atoms with Crippen LogP contribution in [0.25, 0.3) is 17.0 Å². The molecular formula is C35H39N3O5S. The molecule has 0 spiro atoms. The lowest BCUT2D eigenvalue weighted by Crippen LogP contribution is -2.40. The summed E-state index contributed by atoms with van der Waals surface area (Å²) in [6, 6.07) is 15.3. The number of benzene rings is 2. The van der Waals surface area contributed by atoms with Gasteiger partial charge >= 0.3 is 11.9 Å². The molecule has 2 aromatic heterocycles. The molecule has 0 unspecified atom stereocenters. The summed E-state index contributed by atoms with van der Waals surface area (Å²) in [5, 5.41) is 0.930. The van der Waals surface area contributed by atoms with Crippen LogP contribution >= 0.6 is 11.3 Å². The molecule has 0 amide bonds. The topological polar surface area (TPSA) is 91.9 Å². The van der Waals surface area contributed by atoms with E-state index in [-0.39, 0.29) is 24.7 Å². The number of ether oxygens (including phenoxy) is 2. The summed E-state index contributed by atoms with van der Waals surface area (Å²) < 4.78 is 14.8. The van der Waals surface area contributed by atoms with Gasteiger partial charge in [-0.1, -0.05) is 81.0 Å². The SMILES string of the molecule is CCCC1=C(C(=O)OCC)[C@H](c2ccc(C(C)C)cc2)n2c(s/c(=C\c3c(C)n(CC(=O)OCC)c4ccccc34)c2=O)=N1. The first kappa shape index (κ1) is 31.2. The van der Waals surface area contributed by atoms with E-state index in [0.717, 1.165) is 34.1 Å². The zero-order valence-corrected chi connectivity index (χ0v) is 27.0. The number of thiazole rings is 1. The summed E-state index contributed by atoms with van der Waals surface area (Å²) in [6.45, 7) is 12.4. The van der Waals surface area contributed by atoms with Crippen molar-refractivity contribution in [2.75, 3.05) is 13.2 Å². The molecule has 0 fully saturated rings. The maximum Gasteiger partial charge on any atom is 0.338 e. The van der Waals surface area contributed by atoms with Gasteiger partial charge in [0.05, 0.1) is 35.1 Å². The highest BCUT2D eigenvalue weighted by Crippen LogP contribution is 2.33. The zero-order valence-electron chi connectivity index (χ0n) is 26.2. The predicted octanol–water partition coefficient (Wildman–Crippen LogP) is 5.53. The Labute approximate surface area is 261 Å².